The Labute approximate surface area is 113 Å². The molecule has 1 aliphatic heterocycles. The zero-order valence-electron chi connectivity index (χ0n) is 11.9. The van der Waals surface area contributed by atoms with Gasteiger partial charge in [0.05, 0.1) is 10.6 Å². The zero-order valence-corrected chi connectivity index (χ0v) is 12.7. The molecular weight excluding hydrogens is 244 g/mol. The van der Waals surface area contributed by atoms with E-state index in [1.54, 1.807) is 0 Å². The van der Waals surface area contributed by atoms with Gasteiger partial charge in [-0.1, -0.05) is 32.1 Å². The van der Waals surface area contributed by atoms with Crippen molar-refractivity contribution in [1.82, 2.24) is 4.98 Å². The van der Waals surface area contributed by atoms with E-state index >= 15 is 0 Å². The number of thiazole rings is 1. The van der Waals surface area contributed by atoms with Crippen molar-refractivity contribution in [2.75, 3.05) is 11.4 Å². The monoisotopic (exact) mass is 266 g/mol. The van der Waals surface area contributed by atoms with E-state index in [1.807, 2.05) is 0 Å². The summed E-state index contributed by atoms with van der Waals surface area (Å²) in [4.78, 5) is 19.1. The molecule has 0 aliphatic carbocycles. The van der Waals surface area contributed by atoms with E-state index in [2.05, 4.69) is 39.5 Å². The minimum absolute atomic E-state index is 0.0745. The molecule has 0 amide bonds. The molecule has 2 rings (SSSR count). The summed E-state index contributed by atoms with van der Waals surface area (Å²) < 4.78 is 0. The van der Waals surface area contributed by atoms with Crippen molar-refractivity contribution in [3.05, 3.63) is 10.6 Å². The third kappa shape index (κ3) is 2.30. The smallest absolute Gasteiger partial charge is 0.186 e. The summed E-state index contributed by atoms with van der Waals surface area (Å²) >= 11 is 1.53. The summed E-state index contributed by atoms with van der Waals surface area (Å²) in [5.41, 5.74) is 1.02. The highest BCUT2D eigenvalue weighted by Gasteiger charge is 2.35. The van der Waals surface area contributed by atoms with Crippen LogP contribution in [0, 0.1) is 0 Å². The third-order valence-electron chi connectivity index (χ3n) is 3.59. The van der Waals surface area contributed by atoms with Crippen molar-refractivity contribution in [3.8, 4) is 0 Å². The second-order valence-corrected chi connectivity index (χ2v) is 7.65. The normalized spacial score (nSPS) is 19.3. The van der Waals surface area contributed by atoms with Crippen molar-refractivity contribution in [3.63, 3.8) is 0 Å². The number of rotatable bonds is 2. The second kappa shape index (κ2) is 4.34. The number of nitrogens with zero attached hydrogens (tertiary/aromatic N) is 2. The average molecular weight is 266 g/mol. The molecule has 0 aromatic carbocycles. The highest BCUT2D eigenvalue weighted by molar-refractivity contribution is 7.17. The van der Waals surface area contributed by atoms with Crippen LogP contribution < -0.4 is 4.90 Å². The number of carbonyl (C=O) groups is 1. The van der Waals surface area contributed by atoms with Gasteiger partial charge in [0.25, 0.3) is 0 Å². The molecule has 1 aromatic rings. The van der Waals surface area contributed by atoms with Gasteiger partial charge in [0.15, 0.2) is 11.4 Å². The Morgan fingerprint density at radius 2 is 2.06 bits per heavy atom. The lowest BCUT2D eigenvalue weighted by Gasteiger charge is -2.31. The third-order valence-corrected chi connectivity index (χ3v) is 4.60. The molecule has 100 valence electrons. The van der Waals surface area contributed by atoms with E-state index in [9.17, 15) is 4.79 Å². The molecule has 1 saturated heterocycles. The largest absolute Gasteiger partial charge is 0.343 e. The van der Waals surface area contributed by atoms with E-state index in [4.69, 9.17) is 4.98 Å². The first-order valence-corrected chi connectivity index (χ1v) is 7.31. The van der Waals surface area contributed by atoms with Crippen LogP contribution in [-0.2, 0) is 5.41 Å². The van der Waals surface area contributed by atoms with E-state index in [1.165, 1.54) is 24.2 Å². The van der Waals surface area contributed by atoms with Crippen LogP contribution in [0.3, 0.4) is 0 Å². The maximum atomic E-state index is 11.2. The maximum absolute atomic E-state index is 11.2. The molecular formula is C14H22N2OS. The first-order chi connectivity index (χ1) is 8.25. The number of aldehydes is 1. The quantitative estimate of drug-likeness (QED) is 0.766. The van der Waals surface area contributed by atoms with Crippen LogP contribution in [-0.4, -0.2) is 23.4 Å². The lowest BCUT2D eigenvalue weighted by Crippen LogP contribution is -2.38. The van der Waals surface area contributed by atoms with Gasteiger partial charge in [-0.05, 0) is 26.7 Å². The van der Waals surface area contributed by atoms with Crippen LogP contribution in [0.1, 0.15) is 62.8 Å². The van der Waals surface area contributed by atoms with Gasteiger partial charge in [0.1, 0.15) is 0 Å². The number of hydrogen-bond donors (Lipinski definition) is 0. The fourth-order valence-electron chi connectivity index (χ4n) is 2.51. The Morgan fingerprint density at radius 3 is 2.44 bits per heavy atom. The fourth-order valence-corrected chi connectivity index (χ4v) is 3.79. The van der Waals surface area contributed by atoms with E-state index in [0.29, 0.717) is 0 Å². The Bertz CT molecular complexity index is 457. The number of anilines is 1. The van der Waals surface area contributed by atoms with Crippen LogP contribution >= 0.6 is 11.3 Å². The summed E-state index contributed by atoms with van der Waals surface area (Å²) in [5.74, 6) is 0. The van der Waals surface area contributed by atoms with Gasteiger partial charge in [-0.25, -0.2) is 4.98 Å². The zero-order chi connectivity index (χ0) is 13.6. The molecule has 1 aromatic heterocycles. The molecule has 3 nitrogen and oxygen atoms in total. The Balaban J connectivity index is 2.42. The first-order valence-electron chi connectivity index (χ1n) is 6.50. The van der Waals surface area contributed by atoms with Gasteiger partial charge in [-0.15, -0.1) is 0 Å². The molecule has 2 heterocycles. The average Bonchev–Trinajstić information content (AvgIpc) is 2.79. The maximum Gasteiger partial charge on any atom is 0.186 e. The molecule has 1 aliphatic rings. The lowest BCUT2D eigenvalue weighted by atomic mass is 9.91. The van der Waals surface area contributed by atoms with Gasteiger partial charge >= 0.3 is 0 Å². The van der Waals surface area contributed by atoms with Gasteiger partial charge in [-0.3, -0.25) is 4.79 Å². The van der Waals surface area contributed by atoms with E-state index in [-0.39, 0.29) is 11.0 Å². The Kier molecular flexibility index (Phi) is 3.26. The van der Waals surface area contributed by atoms with E-state index in [0.717, 1.165) is 28.5 Å². The SMILES string of the molecule is CC(C)(C)c1nc(N2CCCC2(C)C)sc1C=O. The molecule has 0 saturated carbocycles. The van der Waals surface area contributed by atoms with Crippen molar-refractivity contribution in [2.45, 2.75) is 58.4 Å². The minimum Gasteiger partial charge on any atom is -0.343 e. The highest BCUT2D eigenvalue weighted by atomic mass is 32.1. The second-order valence-electron chi connectivity index (χ2n) is 6.64. The van der Waals surface area contributed by atoms with Gasteiger partial charge in [0, 0.05) is 17.5 Å². The summed E-state index contributed by atoms with van der Waals surface area (Å²) in [7, 11) is 0. The van der Waals surface area contributed by atoms with Crippen LogP contribution in [0.5, 0.6) is 0 Å². The van der Waals surface area contributed by atoms with Gasteiger partial charge < -0.3 is 4.90 Å². The molecule has 0 bridgehead atoms. The summed E-state index contributed by atoms with van der Waals surface area (Å²) in [6, 6.07) is 0. The van der Waals surface area contributed by atoms with Crippen molar-refractivity contribution in [1.29, 1.82) is 0 Å². The van der Waals surface area contributed by atoms with Crippen molar-refractivity contribution in [2.24, 2.45) is 0 Å². The Hall–Kier alpha value is -0.900. The van der Waals surface area contributed by atoms with Crippen LogP contribution in [0.25, 0.3) is 0 Å². The number of carbonyl (C=O) groups excluding carboxylic acids is 1. The molecule has 18 heavy (non-hydrogen) atoms. The topological polar surface area (TPSA) is 33.2 Å². The molecule has 0 radical (unpaired) electrons. The Morgan fingerprint density at radius 1 is 1.39 bits per heavy atom. The van der Waals surface area contributed by atoms with Crippen molar-refractivity contribution >= 4 is 22.8 Å². The predicted octanol–water partition coefficient (Wildman–Crippen LogP) is 3.63. The molecule has 0 atom stereocenters. The standard InChI is InChI=1S/C14H22N2OS/c1-13(2,3)11-10(9-17)18-12(15-11)16-8-6-7-14(16,4)5/h9H,6-8H2,1-5H3. The molecule has 0 N–H and O–H groups in total. The summed E-state index contributed by atoms with van der Waals surface area (Å²) in [6.07, 6.45) is 3.34. The van der Waals surface area contributed by atoms with Crippen LogP contribution in [0.4, 0.5) is 5.13 Å². The van der Waals surface area contributed by atoms with E-state index < -0.39 is 0 Å². The van der Waals surface area contributed by atoms with Gasteiger partial charge in [0.2, 0.25) is 0 Å². The molecule has 0 unspecified atom stereocenters. The molecule has 0 spiro atoms. The number of aromatic nitrogens is 1. The highest BCUT2D eigenvalue weighted by Crippen LogP contribution is 2.39. The fraction of sp³-hybridized carbons (Fsp3) is 0.714. The molecule has 1 fully saturated rings. The molecule has 4 heteroatoms. The van der Waals surface area contributed by atoms with Crippen molar-refractivity contribution < 1.29 is 4.79 Å². The lowest BCUT2D eigenvalue weighted by molar-refractivity contribution is 0.112. The van der Waals surface area contributed by atoms with Crippen LogP contribution in [0.2, 0.25) is 0 Å². The summed E-state index contributed by atoms with van der Waals surface area (Å²) in [5, 5.41) is 1.00. The minimum atomic E-state index is -0.0745. The first kappa shape index (κ1) is 13.5. The van der Waals surface area contributed by atoms with Gasteiger partial charge in [-0.2, -0.15) is 0 Å². The van der Waals surface area contributed by atoms with Crippen LogP contribution in [0.15, 0.2) is 0 Å². The summed E-state index contributed by atoms with van der Waals surface area (Å²) in [6.45, 7) is 11.9. The predicted molar refractivity (Wildman–Crippen MR) is 76.9 cm³/mol. The number of hydrogen-bond acceptors (Lipinski definition) is 4.